The Morgan fingerprint density at radius 3 is 2.13 bits per heavy atom. The van der Waals surface area contributed by atoms with E-state index in [-0.39, 0.29) is 12.2 Å². The first kappa shape index (κ1) is 25.8. The van der Waals surface area contributed by atoms with Gasteiger partial charge in [0.05, 0.1) is 18.2 Å². The van der Waals surface area contributed by atoms with Crippen LogP contribution >= 0.6 is 0 Å². The highest BCUT2D eigenvalue weighted by Gasteiger charge is 2.26. The van der Waals surface area contributed by atoms with E-state index in [2.05, 4.69) is 5.32 Å². The summed E-state index contributed by atoms with van der Waals surface area (Å²) >= 11 is 0. The lowest BCUT2D eigenvalue weighted by Gasteiger charge is -2.23. The van der Waals surface area contributed by atoms with Crippen molar-refractivity contribution in [1.29, 1.82) is 0 Å². The topological polar surface area (TPSA) is 107 Å². The molecule has 1 amide bonds. The van der Waals surface area contributed by atoms with E-state index in [9.17, 15) is 24.9 Å². The number of allylic oxidation sites excluding steroid dienone is 5. The summed E-state index contributed by atoms with van der Waals surface area (Å²) in [7, 11) is 0. The molecule has 1 rings (SSSR count). The molecule has 6 heteroatoms. The summed E-state index contributed by atoms with van der Waals surface area (Å²) in [6.45, 7) is 8.48. The molecule has 0 aromatic rings. The van der Waals surface area contributed by atoms with Crippen molar-refractivity contribution in [3.8, 4) is 0 Å². The number of rotatable bonds is 2. The SMILES string of the molecule is CC1=C\CC(O)/C=C\C(C)=C\C(NC(=O)C(C)O)C(C)C(=O)/C(C)=C/CC(O)/C=C\1. The Morgan fingerprint density at radius 2 is 1.57 bits per heavy atom. The molecule has 0 spiro atoms. The number of ketones is 1. The molecule has 0 saturated carbocycles. The van der Waals surface area contributed by atoms with Crippen LogP contribution in [0, 0.1) is 5.92 Å². The summed E-state index contributed by atoms with van der Waals surface area (Å²) in [6.07, 6.45) is 10.2. The van der Waals surface area contributed by atoms with E-state index in [0.717, 1.165) is 11.1 Å². The first-order valence-electron chi connectivity index (χ1n) is 10.3. The van der Waals surface area contributed by atoms with E-state index in [0.29, 0.717) is 12.0 Å². The summed E-state index contributed by atoms with van der Waals surface area (Å²) in [4.78, 5) is 24.9. The Morgan fingerprint density at radius 1 is 1.03 bits per heavy atom. The van der Waals surface area contributed by atoms with E-state index >= 15 is 0 Å². The number of aliphatic hydroxyl groups is 3. The summed E-state index contributed by atoms with van der Waals surface area (Å²) in [5, 5.41) is 32.6. The van der Waals surface area contributed by atoms with Gasteiger partial charge in [-0.25, -0.2) is 0 Å². The minimum absolute atomic E-state index is 0.157. The highest BCUT2D eigenvalue weighted by Crippen LogP contribution is 2.16. The zero-order valence-electron chi connectivity index (χ0n) is 18.5. The lowest BCUT2D eigenvalue weighted by Crippen LogP contribution is -2.45. The van der Waals surface area contributed by atoms with Gasteiger partial charge in [0, 0.05) is 5.92 Å². The van der Waals surface area contributed by atoms with Crippen LogP contribution in [0.1, 0.15) is 47.5 Å². The van der Waals surface area contributed by atoms with Crippen molar-refractivity contribution < 1.29 is 24.9 Å². The van der Waals surface area contributed by atoms with Crippen molar-refractivity contribution in [3.05, 3.63) is 59.3 Å². The fourth-order valence-electron chi connectivity index (χ4n) is 2.91. The molecule has 5 unspecified atom stereocenters. The fourth-order valence-corrected chi connectivity index (χ4v) is 2.91. The average molecular weight is 418 g/mol. The highest BCUT2D eigenvalue weighted by molar-refractivity contribution is 5.97. The van der Waals surface area contributed by atoms with E-state index in [1.807, 2.05) is 19.9 Å². The number of aliphatic hydroxyl groups excluding tert-OH is 3. The number of carbonyl (C=O) groups is 2. The summed E-state index contributed by atoms with van der Waals surface area (Å²) in [6, 6.07) is -0.632. The molecule has 0 saturated heterocycles. The van der Waals surface area contributed by atoms with Gasteiger partial charge < -0.3 is 20.6 Å². The van der Waals surface area contributed by atoms with Gasteiger partial charge in [-0.05, 0) is 46.1 Å². The number of amides is 1. The lowest BCUT2D eigenvalue weighted by molar-refractivity contribution is -0.129. The summed E-state index contributed by atoms with van der Waals surface area (Å²) < 4.78 is 0. The minimum atomic E-state index is -1.20. The molecule has 0 aliphatic heterocycles. The Hall–Kier alpha value is -2.28. The molecule has 5 atom stereocenters. The van der Waals surface area contributed by atoms with Gasteiger partial charge >= 0.3 is 0 Å². The zero-order valence-corrected chi connectivity index (χ0v) is 18.5. The van der Waals surface area contributed by atoms with Crippen LogP contribution in [0.2, 0.25) is 0 Å². The van der Waals surface area contributed by atoms with E-state index in [4.69, 9.17) is 0 Å². The Bertz CT molecular complexity index is 758. The third kappa shape index (κ3) is 9.03. The minimum Gasteiger partial charge on any atom is -0.389 e. The van der Waals surface area contributed by atoms with Crippen molar-refractivity contribution in [3.63, 3.8) is 0 Å². The van der Waals surface area contributed by atoms with Gasteiger partial charge in [0.25, 0.3) is 0 Å². The molecule has 0 aromatic heterocycles. The second-order valence-corrected chi connectivity index (χ2v) is 7.93. The third-order valence-corrected chi connectivity index (χ3v) is 4.98. The van der Waals surface area contributed by atoms with Crippen molar-refractivity contribution in [2.24, 2.45) is 5.92 Å². The van der Waals surface area contributed by atoms with Crippen LogP contribution in [0.5, 0.6) is 0 Å². The van der Waals surface area contributed by atoms with Gasteiger partial charge in [0.15, 0.2) is 5.78 Å². The fraction of sp³-hybridized carbons (Fsp3) is 0.500. The van der Waals surface area contributed by atoms with Gasteiger partial charge in [-0.2, -0.15) is 0 Å². The predicted octanol–water partition coefficient (Wildman–Crippen LogP) is 2.52. The van der Waals surface area contributed by atoms with Gasteiger partial charge in [0.1, 0.15) is 6.10 Å². The van der Waals surface area contributed by atoms with Crippen LogP contribution in [-0.2, 0) is 9.59 Å². The second-order valence-electron chi connectivity index (χ2n) is 7.93. The maximum atomic E-state index is 12.9. The van der Waals surface area contributed by atoms with E-state index < -0.39 is 36.2 Å². The van der Waals surface area contributed by atoms with Gasteiger partial charge in [-0.3, -0.25) is 9.59 Å². The monoisotopic (exact) mass is 417 g/mol. The van der Waals surface area contributed by atoms with Crippen LogP contribution < -0.4 is 5.32 Å². The smallest absolute Gasteiger partial charge is 0.249 e. The standard InChI is InChI=1S/C24H35NO5/c1-15-6-10-20(27)12-8-16(2)14-22(25-24(30)19(5)26)18(4)23(29)17(3)9-13-21(28)11-7-15/h6-9,11-12,14,18-22,26-28H,10,13H2,1-5H3,(H,25,30)/b11-7-,12-8-,15-6+,16-14+,17-9+. The largest absolute Gasteiger partial charge is 0.389 e. The normalized spacial score (nSPS) is 35.5. The van der Waals surface area contributed by atoms with Crippen LogP contribution in [0.3, 0.4) is 0 Å². The van der Waals surface area contributed by atoms with Gasteiger partial charge in [-0.15, -0.1) is 0 Å². The maximum absolute atomic E-state index is 12.9. The Labute approximate surface area is 179 Å². The molecule has 6 nitrogen and oxygen atoms in total. The number of Topliss-reactive ketones (excluding diaryl/α,β-unsaturated/α-hetero) is 1. The first-order chi connectivity index (χ1) is 14.0. The maximum Gasteiger partial charge on any atom is 0.249 e. The van der Waals surface area contributed by atoms with Crippen LogP contribution in [-0.4, -0.2) is 51.4 Å². The van der Waals surface area contributed by atoms with Gasteiger partial charge in [0.2, 0.25) is 5.91 Å². The molecule has 1 aliphatic rings. The van der Waals surface area contributed by atoms with Gasteiger partial charge in [-0.1, -0.05) is 60.6 Å². The average Bonchev–Trinajstić information content (AvgIpc) is 2.70. The van der Waals surface area contributed by atoms with Crippen LogP contribution in [0.25, 0.3) is 0 Å². The molecule has 4 N–H and O–H groups in total. The molecule has 30 heavy (non-hydrogen) atoms. The number of carbonyl (C=O) groups excluding carboxylic acids is 2. The van der Waals surface area contributed by atoms with E-state index in [1.165, 1.54) is 6.92 Å². The van der Waals surface area contributed by atoms with Crippen LogP contribution in [0.15, 0.2) is 59.3 Å². The molecule has 1 aliphatic carbocycles. The van der Waals surface area contributed by atoms with E-state index in [1.54, 1.807) is 50.3 Å². The molecule has 0 radical (unpaired) electrons. The Balaban J connectivity index is 3.30. The van der Waals surface area contributed by atoms with Crippen LogP contribution in [0.4, 0.5) is 0 Å². The number of hydrogen-bond acceptors (Lipinski definition) is 5. The molecular weight excluding hydrogens is 382 g/mol. The molecule has 0 aromatic carbocycles. The lowest BCUT2D eigenvalue weighted by atomic mass is 9.90. The molecular formula is C24H35NO5. The number of hydrogen-bond donors (Lipinski definition) is 4. The quantitative estimate of drug-likeness (QED) is 0.552. The highest BCUT2D eigenvalue weighted by atomic mass is 16.3. The molecule has 0 bridgehead atoms. The number of nitrogens with one attached hydrogen (secondary N) is 1. The Kier molecular flexibility index (Phi) is 10.7. The molecule has 0 heterocycles. The second kappa shape index (κ2) is 12.4. The van der Waals surface area contributed by atoms with Crippen molar-refractivity contribution in [1.82, 2.24) is 5.32 Å². The zero-order chi connectivity index (χ0) is 22.8. The van der Waals surface area contributed by atoms with Crippen molar-refractivity contribution >= 4 is 11.7 Å². The van der Waals surface area contributed by atoms with Crippen molar-refractivity contribution in [2.75, 3.05) is 0 Å². The molecule has 166 valence electrons. The van der Waals surface area contributed by atoms with Crippen molar-refractivity contribution in [2.45, 2.75) is 71.8 Å². The predicted molar refractivity (Wildman–Crippen MR) is 119 cm³/mol. The third-order valence-electron chi connectivity index (χ3n) is 4.98. The molecule has 0 fully saturated rings. The summed E-state index contributed by atoms with van der Waals surface area (Å²) in [5.74, 6) is -1.30. The summed E-state index contributed by atoms with van der Waals surface area (Å²) in [5.41, 5.74) is 2.19. The first-order valence-corrected chi connectivity index (χ1v) is 10.3.